The third kappa shape index (κ3) is 4.66. The van der Waals surface area contributed by atoms with E-state index in [2.05, 4.69) is 69.1 Å². The van der Waals surface area contributed by atoms with Crippen LogP contribution in [0.5, 0.6) is 0 Å². The quantitative estimate of drug-likeness (QED) is 0.742. The molecule has 1 aromatic rings. The first-order valence-electron chi connectivity index (χ1n) is 8.55. The molecule has 23 heavy (non-hydrogen) atoms. The summed E-state index contributed by atoms with van der Waals surface area (Å²) >= 11 is 0. The predicted molar refractivity (Wildman–Crippen MR) is 97.6 cm³/mol. The molecule has 0 amide bonds. The van der Waals surface area contributed by atoms with Gasteiger partial charge in [0.1, 0.15) is 0 Å². The third-order valence-electron chi connectivity index (χ3n) is 5.31. The lowest BCUT2D eigenvalue weighted by atomic mass is 10.1. The minimum atomic E-state index is -1.75. The van der Waals surface area contributed by atoms with E-state index in [0.29, 0.717) is 12.5 Å². The zero-order valence-electron chi connectivity index (χ0n) is 15.2. The highest BCUT2D eigenvalue weighted by atomic mass is 28.4. The second-order valence-electron chi connectivity index (χ2n) is 8.17. The number of hydrogen-bond donors (Lipinski definition) is 0. The van der Waals surface area contributed by atoms with Gasteiger partial charge in [-0.3, -0.25) is 4.90 Å². The van der Waals surface area contributed by atoms with Crippen LogP contribution in [0, 0.1) is 11.3 Å². The van der Waals surface area contributed by atoms with Gasteiger partial charge in [-0.25, -0.2) is 0 Å². The van der Waals surface area contributed by atoms with E-state index in [-0.39, 0.29) is 11.1 Å². The summed E-state index contributed by atoms with van der Waals surface area (Å²) in [6.07, 6.45) is 1.83. The first-order chi connectivity index (χ1) is 10.7. The fourth-order valence-electron chi connectivity index (χ4n) is 2.95. The van der Waals surface area contributed by atoms with E-state index in [1.54, 1.807) is 0 Å². The second-order valence-corrected chi connectivity index (χ2v) is 12.9. The van der Waals surface area contributed by atoms with Gasteiger partial charge in [-0.2, -0.15) is 5.26 Å². The molecular formula is C19H30N2OSi. The van der Waals surface area contributed by atoms with E-state index < -0.39 is 8.32 Å². The lowest BCUT2D eigenvalue weighted by molar-refractivity contribution is 0.177. The van der Waals surface area contributed by atoms with E-state index >= 15 is 0 Å². The van der Waals surface area contributed by atoms with Crippen LogP contribution in [0.2, 0.25) is 18.1 Å². The van der Waals surface area contributed by atoms with E-state index in [0.717, 1.165) is 19.5 Å². The number of rotatable bonds is 5. The van der Waals surface area contributed by atoms with E-state index in [4.69, 9.17) is 9.69 Å². The molecule has 0 spiro atoms. The molecule has 4 heteroatoms. The molecule has 0 radical (unpaired) electrons. The van der Waals surface area contributed by atoms with Crippen molar-refractivity contribution in [3.8, 4) is 6.07 Å². The predicted octanol–water partition coefficient (Wildman–Crippen LogP) is 4.56. The molecule has 1 aromatic carbocycles. The van der Waals surface area contributed by atoms with Crippen LogP contribution in [0.25, 0.3) is 0 Å². The third-order valence-corrected chi connectivity index (χ3v) is 9.85. The highest BCUT2D eigenvalue weighted by Gasteiger charge is 2.42. The Kier molecular flexibility index (Phi) is 5.67. The first kappa shape index (κ1) is 18.2. The molecule has 3 nitrogen and oxygen atoms in total. The summed E-state index contributed by atoms with van der Waals surface area (Å²) in [4.78, 5) is 2.43. The molecule has 0 aliphatic carbocycles. The molecule has 1 aliphatic heterocycles. The summed E-state index contributed by atoms with van der Waals surface area (Å²) in [7, 11) is -1.75. The maximum atomic E-state index is 9.15. The van der Waals surface area contributed by atoms with Gasteiger partial charge in [0.15, 0.2) is 8.32 Å². The van der Waals surface area contributed by atoms with Crippen LogP contribution in [0.4, 0.5) is 0 Å². The Balaban J connectivity index is 2.05. The zero-order valence-corrected chi connectivity index (χ0v) is 16.2. The summed E-state index contributed by atoms with van der Waals surface area (Å²) in [5.41, 5.74) is 1.31. The lowest BCUT2D eigenvalue weighted by Gasteiger charge is -2.38. The van der Waals surface area contributed by atoms with Gasteiger partial charge in [-0.05, 0) is 30.1 Å². The van der Waals surface area contributed by atoms with Crippen LogP contribution in [-0.2, 0) is 11.0 Å². The van der Waals surface area contributed by atoms with Gasteiger partial charge < -0.3 is 4.43 Å². The minimum absolute atomic E-state index is 0.227. The van der Waals surface area contributed by atoms with Gasteiger partial charge in [0.2, 0.25) is 0 Å². The second kappa shape index (κ2) is 7.17. The number of likely N-dealkylation sites (tertiary alicyclic amines) is 1. The topological polar surface area (TPSA) is 36.3 Å². The Labute approximate surface area is 142 Å². The van der Waals surface area contributed by atoms with Gasteiger partial charge >= 0.3 is 0 Å². The van der Waals surface area contributed by atoms with Gasteiger partial charge in [0.05, 0.1) is 18.6 Å². The molecular weight excluding hydrogens is 300 g/mol. The average molecular weight is 331 g/mol. The Morgan fingerprint density at radius 3 is 2.48 bits per heavy atom. The van der Waals surface area contributed by atoms with Crippen molar-refractivity contribution in [1.82, 2.24) is 4.90 Å². The van der Waals surface area contributed by atoms with Crippen molar-refractivity contribution in [1.29, 1.82) is 5.26 Å². The number of nitrogens with zero attached hydrogens (tertiary/aromatic N) is 2. The normalized spacial score (nSPS) is 23.0. The van der Waals surface area contributed by atoms with Crippen LogP contribution in [0.1, 0.15) is 39.2 Å². The smallest absolute Gasteiger partial charge is 0.192 e. The van der Waals surface area contributed by atoms with Crippen molar-refractivity contribution in [2.24, 2.45) is 0 Å². The van der Waals surface area contributed by atoms with Crippen LogP contribution in [-0.4, -0.2) is 31.9 Å². The Bertz CT molecular complexity index is 545. The van der Waals surface area contributed by atoms with Gasteiger partial charge in [0.25, 0.3) is 0 Å². The van der Waals surface area contributed by atoms with Crippen LogP contribution < -0.4 is 0 Å². The largest absolute Gasteiger partial charge is 0.413 e. The minimum Gasteiger partial charge on any atom is -0.413 e. The summed E-state index contributed by atoms with van der Waals surface area (Å²) in [6, 6.07) is 13.2. The lowest BCUT2D eigenvalue weighted by Crippen LogP contribution is -2.44. The molecule has 126 valence electrons. The van der Waals surface area contributed by atoms with Crippen molar-refractivity contribution in [3.05, 3.63) is 35.9 Å². The zero-order chi connectivity index (χ0) is 17.1. The Hall–Kier alpha value is -1.15. The number of benzene rings is 1. The van der Waals surface area contributed by atoms with Crippen molar-refractivity contribution >= 4 is 8.32 Å². The SMILES string of the molecule is CC(C)(C)[Si](C)(C)O[C@@H]1C[C@@H](CC#N)N(Cc2ccccc2)C1. The van der Waals surface area contributed by atoms with E-state index in [9.17, 15) is 0 Å². The molecule has 2 rings (SSSR count). The highest BCUT2D eigenvalue weighted by Crippen LogP contribution is 2.39. The standard InChI is InChI=1S/C19H30N2OSi/c1-19(2,3)23(4,5)22-18-13-17(11-12-20)21(15-18)14-16-9-7-6-8-10-16/h6-10,17-18H,11,13-15H2,1-5H3/t17-,18-/m1/s1. The summed E-state index contributed by atoms with van der Waals surface area (Å²) in [5, 5.41) is 9.38. The maximum absolute atomic E-state index is 9.15. The van der Waals surface area contributed by atoms with Crippen molar-refractivity contribution in [2.75, 3.05) is 6.54 Å². The Morgan fingerprint density at radius 2 is 1.91 bits per heavy atom. The molecule has 1 heterocycles. The molecule has 1 fully saturated rings. The van der Waals surface area contributed by atoms with E-state index in [1.807, 2.05) is 6.07 Å². The molecule has 0 saturated carbocycles. The molecule has 0 bridgehead atoms. The Morgan fingerprint density at radius 1 is 1.26 bits per heavy atom. The summed E-state index contributed by atoms with van der Waals surface area (Å²) < 4.78 is 6.60. The molecule has 1 aliphatic rings. The summed E-state index contributed by atoms with van der Waals surface area (Å²) in [5.74, 6) is 0. The van der Waals surface area contributed by atoms with Gasteiger partial charge in [-0.15, -0.1) is 0 Å². The molecule has 0 N–H and O–H groups in total. The number of hydrogen-bond acceptors (Lipinski definition) is 3. The van der Waals surface area contributed by atoms with Crippen LogP contribution in [0.15, 0.2) is 30.3 Å². The molecule has 0 unspecified atom stereocenters. The van der Waals surface area contributed by atoms with Crippen LogP contribution >= 0.6 is 0 Å². The van der Waals surface area contributed by atoms with Gasteiger partial charge in [-0.1, -0.05) is 51.1 Å². The van der Waals surface area contributed by atoms with Crippen molar-refractivity contribution in [3.63, 3.8) is 0 Å². The van der Waals surface area contributed by atoms with Gasteiger partial charge in [0, 0.05) is 19.1 Å². The molecule has 0 aromatic heterocycles. The van der Waals surface area contributed by atoms with Crippen LogP contribution in [0.3, 0.4) is 0 Å². The first-order valence-corrected chi connectivity index (χ1v) is 11.5. The van der Waals surface area contributed by atoms with Crippen molar-refractivity contribution < 1.29 is 4.43 Å². The van der Waals surface area contributed by atoms with Crippen molar-refractivity contribution in [2.45, 2.75) is 70.4 Å². The van der Waals surface area contributed by atoms with E-state index in [1.165, 1.54) is 5.56 Å². The molecule has 2 atom stereocenters. The fraction of sp³-hybridized carbons (Fsp3) is 0.632. The fourth-order valence-corrected chi connectivity index (χ4v) is 4.30. The average Bonchev–Trinajstić information content (AvgIpc) is 2.80. The highest BCUT2D eigenvalue weighted by molar-refractivity contribution is 6.74. The molecule has 1 saturated heterocycles. The monoisotopic (exact) mass is 330 g/mol. The number of nitriles is 1. The maximum Gasteiger partial charge on any atom is 0.192 e. The summed E-state index contributed by atoms with van der Waals surface area (Å²) in [6.45, 7) is 13.3.